The van der Waals surface area contributed by atoms with E-state index in [-0.39, 0.29) is 15.6 Å². The molecule has 0 unspecified atom stereocenters. The second kappa shape index (κ2) is 5.62. The van der Waals surface area contributed by atoms with Crippen LogP contribution in [0, 0.1) is 0 Å². The van der Waals surface area contributed by atoms with E-state index in [0.29, 0.717) is 4.57 Å². The van der Waals surface area contributed by atoms with E-state index in [0.717, 1.165) is 6.92 Å². The third-order valence-corrected chi connectivity index (χ3v) is 2.71. The molecule has 0 aromatic carbocycles. The van der Waals surface area contributed by atoms with E-state index in [4.69, 9.17) is 13.7 Å². The summed E-state index contributed by atoms with van der Waals surface area (Å²) in [6, 6.07) is 0. The highest BCUT2D eigenvalue weighted by molar-refractivity contribution is 5.69. The Labute approximate surface area is 130 Å². The molecule has 2 aromatic rings. The lowest BCUT2D eigenvalue weighted by molar-refractivity contribution is 0.180. The third-order valence-electron chi connectivity index (χ3n) is 2.71. The fourth-order valence-corrected chi connectivity index (χ4v) is 1.78. The van der Waals surface area contributed by atoms with Gasteiger partial charge in [0.1, 0.15) is 1.37 Å². The summed E-state index contributed by atoms with van der Waals surface area (Å²) in [6.07, 6.45) is -6.50. The SMILES string of the molecule is [2H]c1nc2c(c(=O)n(CCCC([2H])([2H])[C@]([2H])(C)O)c(=O)n2C([2H])([2H])[2H])n1C([2H])([2H])[2H]. The number of hydrogen-bond donors (Lipinski definition) is 1. The van der Waals surface area contributed by atoms with Crippen LogP contribution in [0.1, 0.15) is 39.8 Å². The van der Waals surface area contributed by atoms with Crippen molar-refractivity contribution < 1.29 is 18.8 Å². The highest BCUT2D eigenvalue weighted by Gasteiger charge is 2.14. The number of imidazole rings is 1. The fraction of sp³-hybridized carbons (Fsp3) is 0.615. The third kappa shape index (κ3) is 2.53. The van der Waals surface area contributed by atoms with E-state index in [1.807, 2.05) is 0 Å². The average Bonchev–Trinajstić information content (AvgIpc) is 2.84. The molecule has 0 aliphatic carbocycles. The van der Waals surface area contributed by atoms with Crippen LogP contribution in [0.4, 0.5) is 0 Å². The van der Waals surface area contributed by atoms with Crippen LogP contribution in [-0.4, -0.2) is 29.9 Å². The molecule has 0 amide bonds. The molecule has 1 atom stereocenters. The lowest BCUT2D eigenvalue weighted by Gasteiger charge is -2.09. The van der Waals surface area contributed by atoms with Crippen LogP contribution in [0.15, 0.2) is 15.9 Å². The van der Waals surface area contributed by atoms with E-state index in [1.54, 1.807) is 0 Å². The number of aryl methyl sites for hydroxylation is 2. The first kappa shape index (κ1) is 6.26. The van der Waals surface area contributed by atoms with Crippen molar-refractivity contribution in [3.8, 4) is 0 Å². The van der Waals surface area contributed by atoms with Crippen molar-refractivity contribution in [3.63, 3.8) is 0 Å². The number of fused-ring (bicyclic) bond motifs is 1. The number of rotatable bonds is 5. The lowest BCUT2D eigenvalue weighted by Crippen LogP contribution is -2.39. The molecule has 1 N–H and O–H groups in total. The van der Waals surface area contributed by atoms with Gasteiger partial charge in [-0.1, -0.05) is 0 Å². The zero-order valence-electron chi connectivity index (χ0n) is 20.7. The molecular formula is C13H20N4O3. The van der Waals surface area contributed by atoms with Crippen molar-refractivity contribution in [1.82, 2.24) is 18.7 Å². The highest BCUT2D eigenvalue weighted by atomic mass is 16.3. The van der Waals surface area contributed by atoms with Crippen LogP contribution in [0.5, 0.6) is 0 Å². The Balaban J connectivity index is 2.72. The van der Waals surface area contributed by atoms with Gasteiger partial charge in [0.25, 0.3) is 5.56 Å². The molecule has 2 heterocycles. The normalized spacial score (nSPS) is 23.9. The molecule has 7 nitrogen and oxygen atoms in total. The van der Waals surface area contributed by atoms with Crippen LogP contribution in [0.25, 0.3) is 11.2 Å². The molecule has 110 valence electrons. The van der Waals surface area contributed by atoms with Crippen LogP contribution in [0.3, 0.4) is 0 Å². The molecule has 0 fully saturated rings. The molecular weight excluding hydrogens is 260 g/mol. The Morgan fingerprint density at radius 1 is 1.55 bits per heavy atom. The summed E-state index contributed by atoms with van der Waals surface area (Å²) in [5.74, 6) is 0. The van der Waals surface area contributed by atoms with Crippen molar-refractivity contribution in [2.45, 2.75) is 38.8 Å². The van der Waals surface area contributed by atoms with E-state index in [2.05, 4.69) is 4.98 Å². The van der Waals surface area contributed by atoms with E-state index in [9.17, 15) is 14.7 Å². The Hall–Kier alpha value is -1.89. The average molecular weight is 290 g/mol. The van der Waals surface area contributed by atoms with Crippen molar-refractivity contribution in [1.29, 1.82) is 0 Å². The summed E-state index contributed by atoms with van der Waals surface area (Å²) >= 11 is 0. The quantitative estimate of drug-likeness (QED) is 0.839. The molecule has 0 bridgehead atoms. The minimum atomic E-state index is -3.15. The van der Waals surface area contributed by atoms with Gasteiger partial charge in [-0.05, 0) is 26.1 Å². The monoisotopic (exact) mass is 290 g/mol. The largest absolute Gasteiger partial charge is 0.393 e. The molecule has 2 rings (SSSR count). The van der Waals surface area contributed by atoms with Crippen LogP contribution < -0.4 is 11.2 Å². The highest BCUT2D eigenvalue weighted by Crippen LogP contribution is 2.04. The number of hydrogen-bond acceptors (Lipinski definition) is 4. The molecule has 0 spiro atoms. The van der Waals surface area contributed by atoms with Crippen LogP contribution in [0.2, 0.25) is 0 Å². The minimum absolute atomic E-state index is 0.138. The number of aliphatic hydroxyl groups is 1. The van der Waals surface area contributed by atoms with Crippen molar-refractivity contribution in [2.75, 3.05) is 0 Å². The minimum Gasteiger partial charge on any atom is -0.393 e. The molecule has 0 saturated heterocycles. The van der Waals surface area contributed by atoms with E-state index >= 15 is 0 Å². The maximum absolute atomic E-state index is 12.9. The molecule has 0 aliphatic rings. The molecule has 2 aromatic heterocycles. The topological polar surface area (TPSA) is 82.1 Å². The smallest absolute Gasteiger partial charge is 0.332 e. The van der Waals surface area contributed by atoms with Crippen molar-refractivity contribution >= 4 is 11.2 Å². The zero-order valence-corrected chi connectivity index (χ0v) is 10.7. The summed E-state index contributed by atoms with van der Waals surface area (Å²) in [5, 5.41) is 9.56. The van der Waals surface area contributed by atoms with Crippen molar-refractivity contribution in [2.24, 2.45) is 14.0 Å². The van der Waals surface area contributed by atoms with E-state index in [1.165, 1.54) is 0 Å². The Kier molecular flexibility index (Phi) is 1.76. The Morgan fingerprint density at radius 3 is 3.00 bits per heavy atom. The van der Waals surface area contributed by atoms with Crippen LogP contribution in [-0.2, 0) is 20.5 Å². The predicted octanol–water partition coefficient (Wildman–Crippen LogP) is -0.0152. The van der Waals surface area contributed by atoms with Gasteiger partial charge in [0, 0.05) is 31.5 Å². The predicted molar refractivity (Wildman–Crippen MR) is 75.7 cm³/mol. The van der Waals surface area contributed by atoms with Gasteiger partial charge in [-0.3, -0.25) is 13.9 Å². The lowest BCUT2D eigenvalue weighted by atomic mass is 10.2. The molecule has 7 heteroatoms. The summed E-state index contributed by atoms with van der Waals surface area (Å²) in [6.45, 7) is -5.79. The molecule has 0 aliphatic heterocycles. The summed E-state index contributed by atoms with van der Waals surface area (Å²) in [7, 11) is 0. The second-order valence-corrected chi connectivity index (χ2v) is 4.16. The first-order valence-corrected chi connectivity index (χ1v) is 5.79. The van der Waals surface area contributed by atoms with Gasteiger partial charge in [0.05, 0.1) is 13.8 Å². The zero-order chi connectivity index (χ0) is 23.4. The van der Waals surface area contributed by atoms with Gasteiger partial charge in [0.15, 0.2) is 11.2 Å². The van der Waals surface area contributed by atoms with Gasteiger partial charge in [-0.15, -0.1) is 0 Å². The molecule has 20 heavy (non-hydrogen) atoms. The Morgan fingerprint density at radius 2 is 2.35 bits per heavy atom. The van der Waals surface area contributed by atoms with Crippen LogP contribution >= 0.6 is 0 Å². The first-order chi connectivity index (χ1) is 13.3. The van der Waals surface area contributed by atoms with E-state index < -0.39 is 68.1 Å². The van der Waals surface area contributed by atoms with Gasteiger partial charge in [0.2, 0.25) is 0 Å². The summed E-state index contributed by atoms with van der Waals surface area (Å²) < 4.78 is 76.6. The first-order valence-electron chi connectivity index (χ1n) is 10.8. The van der Waals surface area contributed by atoms with Crippen molar-refractivity contribution in [3.05, 3.63) is 27.1 Å². The maximum atomic E-state index is 12.9. The van der Waals surface area contributed by atoms with Gasteiger partial charge in [-0.25, -0.2) is 9.78 Å². The molecule has 0 saturated carbocycles. The maximum Gasteiger partial charge on any atom is 0.332 e. The Bertz CT molecular complexity index is 1070. The second-order valence-electron chi connectivity index (χ2n) is 4.16. The van der Waals surface area contributed by atoms with Gasteiger partial charge < -0.3 is 9.67 Å². The summed E-state index contributed by atoms with van der Waals surface area (Å²) in [4.78, 5) is 29.1. The van der Waals surface area contributed by atoms with Gasteiger partial charge >= 0.3 is 5.69 Å². The summed E-state index contributed by atoms with van der Waals surface area (Å²) in [5.41, 5.74) is -4.07. The number of aromatic nitrogens is 4. The standard InChI is InChI=1S/C13H20N4O3/c1-9(18)6-4-5-7-17-12(19)10-11(14-8-15(10)2)16(3)13(17)20/h8-9,18H,4-7H2,1-3H3/t9-/m0/s1/i2D3,3D3,6D2,8D,9D. The number of nitrogens with zero attached hydrogens (tertiary/aromatic N) is 4. The fourth-order valence-electron chi connectivity index (χ4n) is 1.78. The molecule has 0 radical (unpaired) electrons. The van der Waals surface area contributed by atoms with Gasteiger partial charge in [-0.2, -0.15) is 0 Å².